The molecule has 1 atom stereocenters. The largest absolute Gasteiger partial charge is 0.376 e. The summed E-state index contributed by atoms with van der Waals surface area (Å²) in [5.41, 5.74) is 2.71. The highest BCUT2D eigenvalue weighted by Crippen LogP contribution is 2.18. The van der Waals surface area contributed by atoms with E-state index >= 15 is 0 Å². The zero-order chi connectivity index (χ0) is 14.5. The Balaban J connectivity index is 1.42. The number of morpholine rings is 1. The lowest BCUT2D eigenvalue weighted by Crippen LogP contribution is -2.48. The van der Waals surface area contributed by atoms with Gasteiger partial charge in [-0.1, -0.05) is 12.1 Å². The molecule has 2 aliphatic heterocycles. The van der Waals surface area contributed by atoms with E-state index in [4.69, 9.17) is 4.74 Å². The molecule has 21 heavy (non-hydrogen) atoms. The summed E-state index contributed by atoms with van der Waals surface area (Å²) >= 11 is 0. The molecule has 116 valence electrons. The number of rotatable bonds is 4. The molecular formula is C17H27N3O. The predicted molar refractivity (Wildman–Crippen MR) is 87.1 cm³/mol. The number of anilines is 1. The average molecular weight is 289 g/mol. The number of hydrogen-bond donors (Lipinski definition) is 1. The van der Waals surface area contributed by atoms with Crippen molar-refractivity contribution in [2.75, 3.05) is 57.3 Å². The molecule has 2 saturated heterocycles. The Bertz CT molecular complexity index is 437. The minimum absolute atomic E-state index is 0.411. The molecule has 2 aliphatic rings. The predicted octanol–water partition coefficient (Wildman–Crippen LogP) is 1.50. The van der Waals surface area contributed by atoms with Gasteiger partial charge in [0.25, 0.3) is 0 Å². The van der Waals surface area contributed by atoms with Crippen molar-refractivity contribution in [1.82, 2.24) is 10.2 Å². The number of hydrogen-bond acceptors (Lipinski definition) is 4. The van der Waals surface area contributed by atoms with Gasteiger partial charge in [-0.3, -0.25) is 4.90 Å². The molecule has 0 bridgehead atoms. The number of benzene rings is 1. The van der Waals surface area contributed by atoms with Crippen molar-refractivity contribution in [3.63, 3.8) is 0 Å². The van der Waals surface area contributed by atoms with Crippen molar-refractivity contribution < 1.29 is 4.74 Å². The molecule has 3 rings (SSSR count). The van der Waals surface area contributed by atoms with Crippen LogP contribution in [0.3, 0.4) is 0 Å². The maximum absolute atomic E-state index is 5.77. The Hall–Kier alpha value is -1.10. The van der Waals surface area contributed by atoms with Crippen LogP contribution in [-0.4, -0.2) is 63.4 Å². The van der Waals surface area contributed by atoms with Gasteiger partial charge in [0, 0.05) is 51.5 Å². The highest BCUT2D eigenvalue weighted by molar-refractivity contribution is 5.48. The van der Waals surface area contributed by atoms with E-state index in [2.05, 4.69) is 46.3 Å². The Kier molecular flexibility index (Phi) is 5.12. The van der Waals surface area contributed by atoms with Gasteiger partial charge in [0.2, 0.25) is 0 Å². The van der Waals surface area contributed by atoms with Crippen LogP contribution in [-0.2, 0) is 4.74 Å². The summed E-state index contributed by atoms with van der Waals surface area (Å²) in [6.45, 7) is 10.8. The second-order valence-electron chi connectivity index (χ2n) is 6.15. The number of nitrogens with zero attached hydrogens (tertiary/aromatic N) is 2. The van der Waals surface area contributed by atoms with Crippen LogP contribution in [0.1, 0.15) is 12.0 Å². The summed E-state index contributed by atoms with van der Waals surface area (Å²) in [5.74, 6) is 0. The average Bonchev–Trinajstić information content (AvgIpc) is 2.54. The molecule has 1 aromatic carbocycles. The summed E-state index contributed by atoms with van der Waals surface area (Å²) < 4.78 is 5.77. The van der Waals surface area contributed by atoms with Gasteiger partial charge in [0.15, 0.2) is 0 Å². The summed E-state index contributed by atoms with van der Waals surface area (Å²) in [6.07, 6.45) is 1.56. The maximum atomic E-state index is 5.77. The third kappa shape index (κ3) is 4.19. The number of nitrogens with one attached hydrogen (secondary N) is 1. The molecule has 0 radical (unpaired) electrons. The molecule has 4 nitrogen and oxygen atoms in total. The van der Waals surface area contributed by atoms with Gasteiger partial charge in [-0.25, -0.2) is 0 Å². The molecule has 1 aromatic rings. The molecule has 2 fully saturated rings. The van der Waals surface area contributed by atoms with Crippen LogP contribution in [0.5, 0.6) is 0 Å². The van der Waals surface area contributed by atoms with E-state index in [1.54, 1.807) is 0 Å². The van der Waals surface area contributed by atoms with Crippen molar-refractivity contribution in [3.8, 4) is 0 Å². The minimum Gasteiger partial charge on any atom is -0.376 e. The molecule has 0 spiro atoms. The molecule has 0 aromatic heterocycles. The second-order valence-corrected chi connectivity index (χ2v) is 6.15. The quantitative estimate of drug-likeness (QED) is 0.909. The van der Waals surface area contributed by atoms with Gasteiger partial charge in [-0.15, -0.1) is 0 Å². The molecule has 1 N–H and O–H groups in total. The highest BCUT2D eigenvalue weighted by atomic mass is 16.5. The van der Waals surface area contributed by atoms with Crippen LogP contribution < -0.4 is 10.2 Å². The fraction of sp³-hybridized carbons (Fsp3) is 0.647. The molecular weight excluding hydrogens is 262 g/mol. The van der Waals surface area contributed by atoms with Crippen LogP contribution in [0, 0.1) is 6.92 Å². The monoisotopic (exact) mass is 289 g/mol. The number of piperazine rings is 1. The Labute approximate surface area is 128 Å². The maximum Gasteiger partial charge on any atom is 0.0712 e. The zero-order valence-electron chi connectivity index (χ0n) is 13.1. The lowest BCUT2D eigenvalue weighted by molar-refractivity contribution is 0.0171. The fourth-order valence-corrected chi connectivity index (χ4v) is 3.19. The van der Waals surface area contributed by atoms with Crippen LogP contribution in [0.2, 0.25) is 0 Å². The van der Waals surface area contributed by atoms with Crippen molar-refractivity contribution in [3.05, 3.63) is 29.8 Å². The van der Waals surface area contributed by atoms with E-state index in [1.807, 2.05) is 0 Å². The van der Waals surface area contributed by atoms with Gasteiger partial charge in [0.05, 0.1) is 12.7 Å². The normalized spacial score (nSPS) is 24.2. The van der Waals surface area contributed by atoms with Gasteiger partial charge >= 0.3 is 0 Å². The van der Waals surface area contributed by atoms with Gasteiger partial charge in [-0.05, 0) is 31.0 Å². The fourth-order valence-electron chi connectivity index (χ4n) is 3.19. The summed E-state index contributed by atoms with van der Waals surface area (Å²) in [7, 11) is 0. The van der Waals surface area contributed by atoms with E-state index in [9.17, 15) is 0 Å². The molecule has 0 amide bonds. The SMILES string of the molecule is Cc1cccc(N2CCN(CCC3CNCCO3)CC2)c1. The van der Waals surface area contributed by atoms with Gasteiger partial charge in [0.1, 0.15) is 0 Å². The standard InChI is InChI=1S/C17H27N3O/c1-15-3-2-4-16(13-15)20-10-8-19(9-11-20)7-5-17-14-18-6-12-21-17/h2-4,13,17-18H,5-12,14H2,1H3. The molecule has 0 aliphatic carbocycles. The first-order valence-corrected chi connectivity index (χ1v) is 8.17. The summed E-state index contributed by atoms with van der Waals surface area (Å²) in [5, 5.41) is 3.40. The van der Waals surface area contributed by atoms with Gasteiger partial charge in [-0.2, -0.15) is 0 Å². The topological polar surface area (TPSA) is 27.7 Å². The summed E-state index contributed by atoms with van der Waals surface area (Å²) in [4.78, 5) is 5.08. The zero-order valence-corrected chi connectivity index (χ0v) is 13.1. The van der Waals surface area contributed by atoms with E-state index in [1.165, 1.54) is 11.3 Å². The number of aryl methyl sites for hydroxylation is 1. The van der Waals surface area contributed by atoms with Crippen molar-refractivity contribution in [2.45, 2.75) is 19.4 Å². The Morgan fingerprint density at radius 3 is 2.81 bits per heavy atom. The third-order valence-electron chi connectivity index (χ3n) is 4.51. The second kappa shape index (κ2) is 7.25. The highest BCUT2D eigenvalue weighted by Gasteiger charge is 2.19. The molecule has 2 heterocycles. The van der Waals surface area contributed by atoms with Crippen molar-refractivity contribution >= 4 is 5.69 Å². The Morgan fingerprint density at radius 1 is 1.24 bits per heavy atom. The van der Waals surface area contributed by atoms with E-state index in [-0.39, 0.29) is 0 Å². The minimum atomic E-state index is 0.411. The van der Waals surface area contributed by atoms with Crippen LogP contribution in [0.4, 0.5) is 5.69 Å². The van der Waals surface area contributed by atoms with Crippen LogP contribution in [0.15, 0.2) is 24.3 Å². The third-order valence-corrected chi connectivity index (χ3v) is 4.51. The molecule has 4 heteroatoms. The van der Waals surface area contributed by atoms with Crippen molar-refractivity contribution in [1.29, 1.82) is 0 Å². The van der Waals surface area contributed by atoms with Crippen molar-refractivity contribution in [2.24, 2.45) is 0 Å². The van der Waals surface area contributed by atoms with E-state index in [0.717, 1.165) is 58.8 Å². The van der Waals surface area contributed by atoms with Crippen LogP contribution >= 0.6 is 0 Å². The molecule has 0 saturated carbocycles. The van der Waals surface area contributed by atoms with Crippen LogP contribution in [0.25, 0.3) is 0 Å². The van der Waals surface area contributed by atoms with E-state index < -0.39 is 0 Å². The van der Waals surface area contributed by atoms with E-state index in [0.29, 0.717) is 6.10 Å². The lowest BCUT2D eigenvalue weighted by atomic mass is 10.1. The lowest BCUT2D eigenvalue weighted by Gasteiger charge is -2.37. The molecule has 1 unspecified atom stereocenters. The summed E-state index contributed by atoms with van der Waals surface area (Å²) in [6, 6.07) is 8.84. The first-order valence-electron chi connectivity index (χ1n) is 8.17. The first-order chi connectivity index (χ1) is 10.3. The Morgan fingerprint density at radius 2 is 2.10 bits per heavy atom. The number of ether oxygens (including phenoxy) is 1. The van der Waals surface area contributed by atoms with Gasteiger partial charge < -0.3 is 15.0 Å². The first kappa shape index (κ1) is 14.8. The smallest absolute Gasteiger partial charge is 0.0712 e.